The number of hydrogen-bond acceptors (Lipinski definition) is 2. The van der Waals surface area contributed by atoms with Gasteiger partial charge >= 0.3 is 0 Å². The molecule has 0 fully saturated rings. The number of allylic oxidation sites excluding steroid dienone is 5. The molecule has 0 unspecified atom stereocenters. The minimum absolute atomic E-state index is 0.529. The molecule has 0 bridgehead atoms. The van der Waals surface area contributed by atoms with Gasteiger partial charge in [-0.1, -0.05) is 42.5 Å². The topological polar surface area (TPSA) is 30.2 Å². The van der Waals surface area contributed by atoms with E-state index in [1.54, 1.807) is 22.9 Å². The molecule has 0 aliphatic rings. The van der Waals surface area contributed by atoms with Crippen LogP contribution in [0.1, 0.15) is 12.6 Å². The zero-order valence-electron chi connectivity index (χ0n) is 9.77. The SMILES string of the molecule is C=C/C=C\C=C(/C)c1cc(Cl)n2ncc(Br)c2n1. The highest BCUT2D eigenvalue weighted by Crippen LogP contribution is 2.23. The lowest BCUT2D eigenvalue weighted by Crippen LogP contribution is -1.96. The van der Waals surface area contributed by atoms with E-state index in [4.69, 9.17) is 11.6 Å². The number of rotatable bonds is 3. The molecule has 0 saturated carbocycles. The first-order valence-corrected chi connectivity index (χ1v) is 6.46. The Morgan fingerprint density at radius 3 is 3.00 bits per heavy atom. The molecule has 3 nitrogen and oxygen atoms in total. The first kappa shape index (κ1) is 13.1. The zero-order chi connectivity index (χ0) is 13.1. The molecule has 2 aromatic rings. The molecule has 0 spiro atoms. The van der Waals surface area contributed by atoms with Gasteiger partial charge in [0.25, 0.3) is 0 Å². The zero-order valence-corrected chi connectivity index (χ0v) is 12.1. The van der Waals surface area contributed by atoms with Gasteiger partial charge in [-0.3, -0.25) is 0 Å². The highest BCUT2D eigenvalue weighted by atomic mass is 79.9. The van der Waals surface area contributed by atoms with E-state index in [9.17, 15) is 0 Å². The van der Waals surface area contributed by atoms with E-state index in [1.165, 1.54) is 0 Å². The lowest BCUT2D eigenvalue weighted by molar-refractivity contribution is 0.936. The van der Waals surface area contributed by atoms with Crippen molar-refractivity contribution in [3.8, 4) is 0 Å². The van der Waals surface area contributed by atoms with E-state index in [0.29, 0.717) is 10.8 Å². The second-order valence-corrected chi connectivity index (χ2v) is 4.90. The van der Waals surface area contributed by atoms with Crippen LogP contribution in [-0.2, 0) is 0 Å². The molecule has 0 aliphatic carbocycles. The highest BCUT2D eigenvalue weighted by Gasteiger charge is 2.09. The van der Waals surface area contributed by atoms with Gasteiger partial charge in [-0.15, -0.1) is 0 Å². The maximum Gasteiger partial charge on any atom is 0.171 e. The Hall–Kier alpha value is -1.39. The van der Waals surface area contributed by atoms with Crippen LogP contribution in [0.25, 0.3) is 11.2 Å². The third kappa shape index (κ3) is 2.54. The average Bonchev–Trinajstić information content (AvgIpc) is 2.72. The van der Waals surface area contributed by atoms with E-state index in [-0.39, 0.29) is 0 Å². The van der Waals surface area contributed by atoms with Gasteiger partial charge in [0.15, 0.2) is 5.65 Å². The molecule has 2 rings (SSSR count). The van der Waals surface area contributed by atoms with Gasteiger partial charge in [0, 0.05) is 6.07 Å². The Bertz CT molecular complexity index is 656. The average molecular weight is 325 g/mol. The van der Waals surface area contributed by atoms with Gasteiger partial charge in [0.05, 0.1) is 16.4 Å². The van der Waals surface area contributed by atoms with Gasteiger partial charge < -0.3 is 0 Å². The van der Waals surface area contributed by atoms with Gasteiger partial charge in [-0.25, -0.2) is 9.50 Å². The van der Waals surface area contributed by atoms with Crippen LogP contribution < -0.4 is 0 Å². The number of fused-ring (bicyclic) bond motifs is 1. The van der Waals surface area contributed by atoms with Crippen LogP contribution in [-0.4, -0.2) is 14.6 Å². The summed E-state index contributed by atoms with van der Waals surface area (Å²) in [5.74, 6) is 0. The summed E-state index contributed by atoms with van der Waals surface area (Å²) in [6.07, 6.45) is 9.13. The summed E-state index contributed by atoms with van der Waals surface area (Å²) in [6, 6.07) is 1.79. The molecular weight excluding hydrogens is 314 g/mol. The first-order valence-electron chi connectivity index (χ1n) is 5.29. The van der Waals surface area contributed by atoms with Crippen LogP contribution in [0.3, 0.4) is 0 Å². The molecule has 2 heterocycles. The molecule has 18 heavy (non-hydrogen) atoms. The molecule has 0 N–H and O–H groups in total. The fourth-order valence-electron chi connectivity index (χ4n) is 1.47. The van der Waals surface area contributed by atoms with Gasteiger partial charge in [0.2, 0.25) is 0 Å². The minimum atomic E-state index is 0.529. The number of nitrogens with zero attached hydrogens (tertiary/aromatic N) is 3. The van der Waals surface area contributed by atoms with Crippen molar-refractivity contribution in [1.29, 1.82) is 0 Å². The van der Waals surface area contributed by atoms with Crippen molar-refractivity contribution in [2.45, 2.75) is 6.92 Å². The van der Waals surface area contributed by atoms with Crippen molar-refractivity contribution in [2.75, 3.05) is 0 Å². The Morgan fingerprint density at radius 1 is 1.50 bits per heavy atom. The maximum absolute atomic E-state index is 6.16. The molecule has 0 saturated heterocycles. The second kappa shape index (κ2) is 5.50. The van der Waals surface area contributed by atoms with E-state index in [2.05, 4.69) is 32.6 Å². The van der Waals surface area contributed by atoms with Gasteiger partial charge in [-0.05, 0) is 28.4 Å². The summed E-state index contributed by atoms with van der Waals surface area (Å²) in [5, 5.41) is 4.65. The Labute approximate surface area is 119 Å². The van der Waals surface area contributed by atoms with Gasteiger partial charge in [-0.2, -0.15) is 5.10 Å². The van der Waals surface area contributed by atoms with Crippen molar-refractivity contribution in [2.24, 2.45) is 0 Å². The highest BCUT2D eigenvalue weighted by molar-refractivity contribution is 9.10. The molecule has 0 radical (unpaired) electrons. The van der Waals surface area contributed by atoms with Crippen molar-refractivity contribution < 1.29 is 0 Å². The minimum Gasteiger partial charge on any atom is -0.228 e. The molecule has 0 atom stereocenters. The summed E-state index contributed by atoms with van der Waals surface area (Å²) >= 11 is 9.56. The molecule has 0 aliphatic heterocycles. The van der Waals surface area contributed by atoms with Gasteiger partial charge in [0.1, 0.15) is 5.15 Å². The quantitative estimate of drug-likeness (QED) is 0.623. The number of aromatic nitrogens is 3. The number of halogens is 2. The standard InChI is InChI=1S/C13H11BrClN3/c1-3-4-5-6-9(2)11-7-12(15)18-13(17-11)10(14)8-16-18/h3-8H,1H2,2H3/b5-4-,9-6+. The predicted octanol–water partition coefficient (Wildman–Crippen LogP) is 4.29. The third-order valence-electron chi connectivity index (χ3n) is 2.38. The third-order valence-corrected chi connectivity index (χ3v) is 3.21. The van der Waals surface area contributed by atoms with Crippen molar-refractivity contribution >= 4 is 38.8 Å². The van der Waals surface area contributed by atoms with E-state index in [1.807, 2.05) is 25.2 Å². The first-order chi connectivity index (χ1) is 8.63. The van der Waals surface area contributed by atoms with Crippen LogP contribution in [0.15, 0.2) is 47.6 Å². The number of hydrogen-bond donors (Lipinski definition) is 0. The lowest BCUT2D eigenvalue weighted by Gasteiger charge is -2.03. The predicted molar refractivity (Wildman–Crippen MR) is 78.7 cm³/mol. The molecule has 0 amide bonds. The van der Waals surface area contributed by atoms with Crippen LogP contribution >= 0.6 is 27.5 Å². The fourth-order valence-corrected chi connectivity index (χ4v) is 2.04. The van der Waals surface area contributed by atoms with Crippen LogP contribution in [0.2, 0.25) is 5.15 Å². The molecule has 0 aromatic carbocycles. The summed E-state index contributed by atoms with van der Waals surface area (Å²) in [4.78, 5) is 4.52. The van der Waals surface area contributed by atoms with Crippen molar-refractivity contribution in [3.05, 3.63) is 58.5 Å². The summed E-state index contributed by atoms with van der Waals surface area (Å²) < 4.78 is 2.41. The van der Waals surface area contributed by atoms with E-state index in [0.717, 1.165) is 15.7 Å². The largest absolute Gasteiger partial charge is 0.228 e. The fraction of sp³-hybridized carbons (Fsp3) is 0.0769. The lowest BCUT2D eigenvalue weighted by atomic mass is 10.2. The Morgan fingerprint density at radius 2 is 2.28 bits per heavy atom. The van der Waals surface area contributed by atoms with Crippen LogP contribution in [0.4, 0.5) is 0 Å². The van der Waals surface area contributed by atoms with Crippen LogP contribution in [0, 0.1) is 0 Å². The van der Waals surface area contributed by atoms with Crippen LogP contribution in [0.5, 0.6) is 0 Å². The second-order valence-electron chi connectivity index (χ2n) is 3.66. The van der Waals surface area contributed by atoms with E-state index < -0.39 is 0 Å². The van der Waals surface area contributed by atoms with Crippen molar-refractivity contribution in [3.63, 3.8) is 0 Å². The molecular formula is C13H11BrClN3. The van der Waals surface area contributed by atoms with Crippen molar-refractivity contribution in [1.82, 2.24) is 14.6 Å². The summed E-state index contributed by atoms with van der Waals surface area (Å²) in [5.41, 5.74) is 2.55. The monoisotopic (exact) mass is 323 g/mol. The normalized spacial score (nSPS) is 12.5. The Balaban J connectivity index is 2.51. The maximum atomic E-state index is 6.16. The smallest absolute Gasteiger partial charge is 0.171 e. The molecule has 92 valence electrons. The molecule has 2 aromatic heterocycles. The molecule has 5 heteroatoms. The summed E-state index contributed by atoms with van der Waals surface area (Å²) in [6.45, 7) is 5.60. The Kier molecular flexibility index (Phi) is 3.99. The summed E-state index contributed by atoms with van der Waals surface area (Å²) in [7, 11) is 0. The van der Waals surface area contributed by atoms with E-state index >= 15 is 0 Å².